The van der Waals surface area contributed by atoms with Gasteiger partial charge in [0, 0.05) is 19.6 Å². The first-order chi connectivity index (χ1) is 7.66. The summed E-state index contributed by atoms with van der Waals surface area (Å²) in [5.41, 5.74) is -0.163. The molecule has 0 aromatic heterocycles. The topological polar surface area (TPSA) is 59.6 Å². The molecule has 0 spiro atoms. The minimum absolute atomic E-state index is 0.0771. The maximum Gasteiger partial charge on any atom is 0.246 e. The van der Waals surface area contributed by atoms with Gasteiger partial charge < -0.3 is 20.1 Å². The lowest BCUT2D eigenvalue weighted by Gasteiger charge is -2.38. The van der Waals surface area contributed by atoms with E-state index in [0.29, 0.717) is 13.2 Å². The SMILES string of the molecule is C=COCCCNC(=O)COC1(C)CNC1. The summed E-state index contributed by atoms with van der Waals surface area (Å²) in [6, 6.07) is 0. The minimum Gasteiger partial charge on any atom is -0.502 e. The lowest BCUT2D eigenvalue weighted by atomic mass is 10.0. The molecule has 1 aliphatic rings. The van der Waals surface area contributed by atoms with E-state index in [2.05, 4.69) is 17.2 Å². The van der Waals surface area contributed by atoms with Crippen LogP contribution in [-0.4, -0.2) is 44.4 Å². The van der Waals surface area contributed by atoms with Crippen molar-refractivity contribution < 1.29 is 14.3 Å². The van der Waals surface area contributed by atoms with Crippen molar-refractivity contribution in [3.8, 4) is 0 Å². The van der Waals surface area contributed by atoms with Crippen LogP contribution < -0.4 is 10.6 Å². The van der Waals surface area contributed by atoms with E-state index < -0.39 is 0 Å². The molecule has 1 saturated heterocycles. The molecular formula is C11H20N2O3. The molecule has 5 nitrogen and oxygen atoms in total. The number of carbonyl (C=O) groups is 1. The largest absolute Gasteiger partial charge is 0.502 e. The zero-order chi connectivity index (χ0) is 11.9. The molecule has 2 N–H and O–H groups in total. The number of nitrogens with one attached hydrogen (secondary N) is 2. The molecule has 1 aliphatic heterocycles. The molecule has 1 heterocycles. The fourth-order valence-corrected chi connectivity index (χ4v) is 1.34. The molecule has 0 saturated carbocycles. The first-order valence-corrected chi connectivity index (χ1v) is 5.50. The molecule has 16 heavy (non-hydrogen) atoms. The van der Waals surface area contributed by atoms with Gasteiger partial charge in [-0.1, -0.05) is 6.58 Å². The highest BCUT2D eigenvalue weighted by Crippen LogP contribution is 2.14. The summed E-state index contributed by atoms with van der Waals surface area (Å²) in [5.74, 6) is -0.0771. The van der Waals surface area contributed by atoms with Gasteiger partial charge in [0.05, 0.1) is 18.5 Å². The molecule has 0 unspecified atom stereocenters. The molecule has 0 atom stereocenters. The average molecular weight is 228 g/mol. The Bertz CT molecular complexity index is 239. The molecule has 92 valence electrons. The molecule has 0 aromatic carbocycles. The van der Waals surface area contributed by atoms with Crippen molar-refractivity contribution in [3.05, 3.63) is 12.8 Å². The quantitative estimate of drug-likeness (QED) is 0.454. The first kappa shape index (κ1) is 13.0. The predicted octanol–water partition coefficient (Wildman–Crippen LogP) is 0.0313. The fourth-order valence-electron chi connectivity index (χ4n) is 1.34. The monoisotopic (exact) mass is 228 g/mol. The van der Waals surface area contributed by atoms with E-state index >= 15 is 0 Å². The van der Waals surface area contributed by atoms with Crippen molar-refractivity contribution in [1.82, 2.24) is 10.6 Å². The Morgan fingerprint density at radius 2 is 2.38 bits per heavy atom. The second-order valence-corrected chi connectivity index (χ2v) is 4.08. The zero-order valence-corrected chi connectivity index (χ0v) is 9.75. The van der Waals surface area contributed by atoms with Gasteiger partial charge in [0.1, 0.15) is 6.61 Å². The number of carbonyl (C=O) groups excluding carboxylic acids is 1. The van der Waals surface area contributed by atoms with E-state index in [4.69, 9.17) is 9.47 Å². The molecule has 1 amide bonds. The highest BCUT2D eigenvalue weighted by Gasteiger charge is 2.32. The van der Waals surface area contributed by atoms with Crippen molar-refractivity contribution in [2.75, 3.05) is 32.8 Å². The highest BCUT2D eigenvalue weighted by molar-refractivity contribution is 5.77. The summed E-state index contributed by atoms with van der Waals surface area (Å²) in [7, 11) is 0. The van der Waals surface area contributed by atoms with Crippen LogP contribution in [0.4, 0.5) is 0 Å². The third-order valence-corrected chi connectivity index (χ3v) is 2.43. The van der Waals surface area contributed by atoms with Crippen molar-refractivity contribution in [3.63, 3.8) is 0 Å². The Morgan fingerprint density at radius 1 is 1.62 bits per heavy atom. The molecule has 5 heteroatoms. The van der Waals surface area contributed by atoms with E-state index in [0.717, 1.165) is 19.5 Å². The van der Waals surface area contributed by atoms with Crippen molar-refractivity contribution in [2.24, 2.45) is 0 Å². The smallest absolute Gasteiger partial charge is 0.246 e. The van der Waals surface area contributed by atoms with Crippen LogP contribution in [0.2, 0.25) is 0 Å². The van der Waals surface area contributed by atoms with Gasteiger partial charge in [-0.15, -0.1) is 0 Å². The molecular weight excluding hydrogens is 208 g/mol. The second-order valence-electron chi connectivity index (χ2n) is 4.08. The summed E-state index contributed by atoms with van der Waals surface area (Å²) in [6.45, 7) is 8.35. The van der Waals surface area contributed by atoms with Gasteiger partial charge in [-0.25, -0.2) is 0 Å². The Morgan fingerprint density at radius 3 is 2.94 bits per heavy atom. The molecule has 0 radical (unpaired) electrons. The number of ether oxygens (including phenoxy) is 2. The average Bonchev–Trinajstić information content (AvgIpc) is 2.23. The van der Waals surface area contributed by atoms with E-state index in [1.807, 2.05) is 6.92 Å². The lowest BCUT2D eigenvalue weighted by molar-refractivity contribution is -0.135. The van der Waals surface area contributed by atoms with Crippen molar-refractivity contribution in [1.29, 1.82) is 0 Å². The van der Waals surface area contributed by atoms with Gasteiger partial charge in [-0.3, -0.25) is 4.79 Å². The molecule has 1 fully saturated rings. The van der Waals surface area contributed by atoms with Crippen molar-refractivity contribution >= 4 is 5.91 Å². The number of amides is 1. The molecule has 1 rings (SSSR count). The van der Waals surface area contributed by atoms with E-state index in [1.165, 1.54) is 6.26 Å². The third kappa shape index (κ3) is 4.63. The number of rotatable bonds is 8. The van der Waals surface area contributed by atoms with E-state index in [1.54, 1.807) is 0 Å². The first-order valence-electron chi connectivity index (χ1n) is 5.50. The molecule has 0 aliphatic carbocycles. The zero-order valence-electron chi connectivity index (χ0n) is 9.75. The van der Waals surface area contributed by atoms with Crippen LogP contribution in [0.25, 0.3) is 0 Å². The van der Waals surface area contributed by atoms with Gasteiger partial charge in [-0.2, -0.15) is 0 Å². The van der Waals surface area contributed by atoms with Gasteiger partial charge >= 0.3 is 0 Å². The van der Waals surface area contributed by atoms with Gasteiger partial charge in [0.25, 0.3) is 0 Å². The van der Waals surface area contributed by atoms with Crippen LogP contribution >= 0.6 is 0 Å². The Hall–Kier alpha value is -1.07. The maximum absolute atomic E-state index is 11.3. The van der Waals surface area contributed by atoms with Crippen LogP contribution in [0.1, 0.15) is 13.3 Å². The van der Waals surface area contributed by atoms with Crippen LogP contribution in [0, 0.1) is 0 Å². The lowest BCUT2D eigenvalue weighted by Crippen LogP contribution is -2.59. The van der Waals surface area contributed by atoms with Crippen LogP contribution in [0.5, 0.6) is 0 Å². The normalized spacial score (nSPS) is 17.3. The highest BCUT2D eigenvalue weighted by atomic mass is 16.5. The summed E-state index contributed by atoms with van der Waals surface area (Å²) < 4.78 is 10.4. The Kier molecular flexibility index (Phi) is 5.28. The summed E-state index contributed by atoms with van der Waals surface area (Å²) in [6.07, 6.45) is 2.17. The van der Waals surface area contributed by atoms with Crippen LogP contribution in [0.15, 0.2) is 12.8 Å². The number of hydrogen-bond acceptors (Lipinski definition) is 4. The third-order valence-electron chi connectivity index (χ3n) is 2.43. The van der Waals surface area contributed by atoms with Crippen LogP contribution in [-0.2, 0) is 14.3 Å². The Balaban J connectivity index is 1.96. The number of hydrogen-bond donors (Lipinski definition) is 2. The van der Waals surface area contributed by atoms with Crippen LogP contribution in [0.3, 0.4) is 0 Å². The summed E-state index contributed by atoms with van der Waals surface area (Å²) in [5, 5.41) is 5.87. The fraction of sp³-hybridized carbons (Fsp3) is 0.727. The minimum atomic E-state index is -0.163. The Labute approximate surface area is 96.2 Å². The van der Waals surface area contributed by atoms with Gasteiger partial charge in [0.15, 0.2) is 0 Å². The second kappa shape index (κ2) is 6.50. The molecule has 0 aromatic rings. The predicted molar refractivity (Wildman–Crippen MR) is 61.0 cm³/mol. The van der Waals surface area contributed by atoms with E-state index in [9.17, 15) is 4.79 Å². The summed E-state index contributed by atoms with van der Waals surface area (Å²) in [4.78, 5) is 11.3. The maximum atomic E-state index is 11.3. The van der Waals surface area contributed by atoms with Gasteiger partial charge in [0.2, 0.25) is 5.91 Å². The molecule has 0 bridgehead atoms. The van der Waals surface area contributed by atoms with E-state index in [-0.39, 0.29) is 18.1 Å². The van der Waals surface area contributed by atoms with Gasteiger partial charge in [-0.05, 0) is 13.3 Å². The summed E-state index contributed by atoms with van der Waals surface area (Å²) >= 11 is 0. The van der Waals surface area contributed by atoms with Crippen molar-refractivity contribution in [2.45, 2.75) is 18.9 Å². The standard InChI is InChI=1S/C11H20N2O3/c1-3-15-6-4-5-13-10(14)7-16-11(2)8-12-9-11/h3,12H,1,4-9H2,2H3,(H,13,14).